The van der Waals surface area contributed by atoms with E-state index in [2.05, 4.69) is 19.8 Å². The van der Waals surface area contributed by atoms with Crippen molar-refractivity contribution in [2.75, 3.05) is 24.0 Å². The quantitative estimate of drug-likeness (QED) is 0.223. The van der Waals surface area contributed by atoms with Crippen LogP contribution in [0.2, 0.25) is 0 Å². The third-order valence-corrected chi connectivity index (χ3v) is 6.06. The lowest BCUT2D eigenvalue weighted by atomic mass is 10.0. The molecule has 11 nitrogen and oxygen atoms in total. The summed E-state index contributed by atoms with van der Waals surface area (Å²) in [6.45, 7) is 1.89. The predicted octanol–water partition coefficient (Wildman–Crippen LogP) is -0.162. The molecule has 0 aromatic carbocycles. The van der Waals surface area contributed by atoms with Crippen molar-refractivity contribution in [1.29, 1.82) is 0 Å². The fraction of sp³-hybridized carbons (Fsp3) is 0.429. The highest BCUT2D eigenvalue weighted by Crippen LogP contribution is 2.40. The highest BCUT2D eigenvalue weighted by atomic mass is 35.5. The zero-order chi connectivity index (χ0) is 20.4. The van der Waals surface area contributed by atoms with Gasteiger partial charge in [0.15, 0.2) is 5.13 Å². The fourth-order valence-corrected chi connectivity index (χ4v) is 4.75. The normalized spacial score (nSPS) is 21.9. The van der Waals surface area contributed by atoms with E-state index in [1.54, 1.807) is 6.92 Å². The molecule has 2 atom stereocenters. The number of amides is 2. The second-order valence-corrected chi connectivity index (χ2v) is 7.72. The standard InChI is InChI=1S/C14H15ClN6O5S2/c1-2-26-19-6(9-18-14(16)28-20-9)10(22)17-7-11(23)21-8(13(24)25)5(3-15)4-27-12(7)21/h7,12H,2-4H2,1H3,(H,17,22)(H,24,25)(H2,16,18,20)/t7?,12-/m1/s1. The minimum absolute atomic E-state index is 0.00421. The predicted molar refractivity (Wildman–Crippen MR) is 103 cm³/mol. The lowest BCUT2D eigenvalue weighted by Gasteiger charge is -2.49. The molecule has 3 rings (SSSR count). The molecule has 1 fully saturated rings. The van der Waals surface area contributed by atoms with Crippen LogP contribution in [0.4, 0.5) is 5.13 Å². The highest BCUT2D eigenvalue weighted by Gasteiger charge is 2.54. The van der Waals surface area contributed by atoms with Gasteiger partial charge >= 0.3 is 5.97 Å². The largest absolute Gasteiger partial charge is 0.477 e. The lowest BCUT2D eigenvalue weighted by molar-refractivity contribution is -0.150. The Labute approximate surface area is 172 Å². The zero-order valence-electron chi connectivity index (χ0n) is 14.4. The number of thioether (sulfide) groups is 1. The Kier molecular flexibility index (Phi) is 6.05. The summed E-state index contributed by atoms with van der Waals surface area (Å²) in [5, 5.41) is 15.3. The molecule has 0 spiro atoms. The number of hydrogen-bond donors (Lipinski definition) is 3. The van der Waals surface area contributed by atoms with Gasteiger partial charge in [-0.1, -0.05) is 5.16 Å². The number of nitrogens with one attached hydrogen (secondary N) is 1. The number of aromatic nitrogens is 2. The third kappa shape index (κ3) is 3.64. The smallest absolute Gasteiger partial charge is 0.352 e. The van der Waals surface area contributed by atoms with Crippen molar-refractivity contribution >= 4 is 63.5 Å². The van der Waals surface area contributed by atoms with E-state index in [-0.39, 0.29) is 34.9 Å². The van der Waals surface area contributed by atoms with Crippen molar-refractivity contribution in [2.45, 2.75) is 18.3 Å². The van der Waals surface area contributed by atoms with Crippen LogP contribution in [0.3, 0.4) is 0 Å². The summed E-state index contributed by atoms with van der Waals surface area (Å²) in [4.78, 5) is 46.7. The molecule has 1 aromatic rings. The van der Waals surface area contributed by atoms with E-state index in [0.29, 0.717) is 11.3 Å². The van der Waals surface area contributed by atoms with Gasteiger partial charge < -0.3 is 21.0 Å². The van der Waals surface area contributed by atoms with Crippen LogP contribution < -0.4 is 11.1 Å². The first-order chi connectivity index (χ1) is 13.4. The first kappa shape index (κ1) is 20.4. The Balaban J connectivity index is 1.79. The number of rotatable bonds is 7. The number of nitrogens with zero attached hydrogens (tertiary/aromatic N) is 4. The number of β-lactam (4-membered cyclic amide) rings is 1. The van der Waals surface area contributed by atoms with Crippen molar-refractivity contribution in [3.8, 4) is 0 Å². The molecule has 2 aliphatic heterocycles. The molecule has 0 bridgehead atoms. The molecule has 14 heteroatoms. The number of fused-ring (bicyclic) bond motifs is 1. The van der Waals surface area contributed by atoms with Gasteiger partial charge in [-0.05, 0) is 12.5 Å². The fourth-order valence-electron chi connectivity index (χ4n) is 2.64. The number of carbonyl (C=O) groups is 3. The van der Waals surface area contributed by atoms with Crippen molar-refractivity contribution < 1.29 is 24.3 Å². The SMILES string of the molecule is CCON=C(C(=O)NC1C(=O)N2C(C(=O)O)=C(CCl)CS[C@H]12)c1nsc(N)n1. The number of carbonyl (C=O) groups excluding carboxylic acids is 2. The van der Waals surface area contributed by atoms with Gasteiger partial charge in [-0.15, -0.1) is 23.4 Å². The number of anilines is 1. The van der Waals surface area contributed by atoms with Gasteiger partial charge in [0.25, 0.3) is 11.8 Å². The number of halogens is 1. The average molecular weight is 447 g/mol. The van der Waals surface area contributed by atoms with Crippen molar-refractivity contribution in [3.63, 3.8) is 0 Å². The van der Waals surface area contributed by atoms with E-state index in [0.717, 1.165) is 16.4 Å². The Morgan fingerprint density at radius 1 is 1.54 bits per heavy atom. The van der Waals surface area contributed by atoms with Gasteiger partial charge in [-0.3, -0.25) is 14.5 Å². The summed E-state index contributed by atoms with van der Waals surface area (Å²) in [5.41, 5.74) is 5.64. The van der Waals surface area contributed by atoms with Gasteiger partial charge in [0.1, 0.15) is 23.7 Å². The van der Waals surface area contributed by atoms with Crippen LogP contribution in [0.5, 0.6) is 0 Å². The molecule has 3 heterocycles. The van der Waals surface area contributed by atoms with Crippen LogP contribution in [0.15, 0.2) is 16.4 Å². The van der Waals surface area contributed by atoms with Gasteiger partial charge in [0, 0.05) is 23.2 Å². The topological polar surface area (TPSA) is 160 Å². The molecule has 1 saturated heterocycles. The van der Waals surface area contributed by atoms with Crippen LogP contribution in [0, 0.1) is 0 Å². The second kappa shape index (κ2) is 8.32. The molecule has 0 saturated carbocycles. The summed E-state index contributed by atoms with van der Waals surface area (Å²) in [7, 11) is 0. The van der Waals surface area contributed by atoms with Crippen LogP contribution in [0.25, 0.3) is 0 Å². The molecule has 28 heavy (non-hydrogen) atoms. The van der Waals surface area contributed by atoms with E-state index < -0.39 is 29.2 Å². The molecule has 2 aliphatic rings. The molecule has 4 N–H and O–H groups in total. The highest BCUT2D eigenvalue weighted by molar-refractivity contribution is 8.00. The first-order valence-electron chi connectivity index (χ1n) is 7.95. The van der Waals surface area contributed by atoms with E-state index >= 15 is 0 Å². The lowest BCUT2D eigenvalue weighted by Crippen LogP contribution is -2.71. The Hall–Kier alpha value is -2.38. The van der Waals surface area contributed by atoms with E-state index in [4.69, 9.17) is 22.2 Å². The van der Waals surface area contributed by atoms with E-state index in [1.807, 2.05) is 0 Å². The maximum absolute atomic E-state index is 12.7. The number of alkyl halides is 1. The summed E-state index contributed by atoms with van der Waals surface area (Å²) >= 11 is 7.99. The molecule has 0 aliphatic carbocycles. The first-order valence-corrected chi connectivity index (χ1v) is 10.3. The molecular weight excluding hydrogens is 432 g/mol. The monoisotopic (exact) mass is 446 g/mol. The van der Waals surface area contributed by atoms with Crippen LogP contribution in [-0.2, 0) is 19.2 Å². The van der Waals surface area contributed by atoms with Crippen LogP contribution in [-0.4, -0.2) is 72.5 Å². The van der Waals surface area contributed by atoms with Crippen LogP contribution >= 0.6 is 34.9 Å². The third-order valence-electron chi connectivity index (χ3n) is 3.85. The maximum Gasteiger partial charge on any atom is 0.352 e. The molecule has 2 amide bonds. The molecule has 150 valence electrons. The van der Waals surface area contributed by atoms with Crippen molar-refractivity contribution in [3.05, 3.63) is 17.1 Å². The number of carboxylic acid groups (broad SMARTS) is 1. The number of carboxylic acids is 1. The zero-order valence-corrected chi connectivity index (χ0v) is 16.8. The minimum atomic E-state index is -1.24. The molecule has 1 aromatic heterocycles. The number of aliphatic carboxylic acids is 1. The Bertz CT molecular complexity index is 887. The van der Waals surface area contributed by atoms with Gasteiger partial charge in [0.05, 0.1) is 0 Å². The Morgan fingerprint density at radius 2 is 2.29 bits per heavy atom. The van der Waals surface area contributed by atoms with Crippen LogP contribution in [0.1, 0.15) is 12.7 Å². The van der Waals surface area contributed by atoms with Gasteiger partial charge in [0.2, 0.25) is 11.5 Å². The number of nitrogens with two attached hydrogens (primary N) is 1. The molecule has 0 radical (unpaired) electrons. The van der Waals surface area contributed by atoms with Crippen molar-refractivity contribution in [1.82, 2.24) is 19.6 Å². The maximum atomic E-state index is 12.7. The van der Waals surface area contributed by atoms with E-state index in [1.165, 1.54) is 11.8 Å². The van der Waals surface area contributed by atoms with Crippen molar-refractivity contribution in [2.24, 2.45) is 5.16 Å². The minimum Gasteiger partial charge on any atom is -0.477 e. The summed E-state index contributed by atoms with van der Waals surface area (Å²) in [6.07, 6.45) is 0. The Morgan fingerprint density at radius 3 is 2.86 bits per heavy atom. The number of hydrogen-bond acceptors (Lipinski definition) is 10. The van der Waals surface area contributed by atoms with Gasteiger partial charge in [-0.2, -0.15) is 9.36 Å². The summed E-state index contributed by atoms with van der Waals surface area (Å²) in [6, 6.07) is -0.925. The molecular formula is C14H15ClN6O5S2. The average Bonchev–Trinajstić information content (AvgIpc) is 3.10. The summed E-state index contributed by atoms with van der Waals surface area (Å²) < 4.78 is 3.93. The second-order valence-electron chi connectivity index (χ2n) is 5.57. The summed E-state index contributed by atoms with van der Waals surface area (Å²) in [5.74, 6) is -2.19. The molecule has 1 unspecified atom stereocenters. The number of oxime groups is 1. The van der Waals surface area contributed by atoms with Gasteiger partial charge in [-0.25, -0.2) is 4.79 Å². The van der Waals surface area contributed by atoms with E-state index in [9.17, 15) is 19.5 Å². The number of nitrogen functional groups attached to an aromatic ring is 1.